The smallest absolute Gasteiger partial charge is 0.263 e. The lowest BCUT2D eigenvalue weighted by atomic mass is 10.1. The van der Waals surface area contributed by atoms with Crippen LogP contribution in [0, 0.1) is 0 Å². The molecule has 0 unspecified atom stereocenters. The van der Waals surface area contributed by atoms with Gasteiger partial charge in [0.1, 0.15) is 5.75 Å². The molecular formula is C19H18N2O4. The van der Waals surface area contributed by atoms with Crippen LogP contribution >= 0.6 is 0 Å². The summed E-state index contributed by atoms with van der Waals surface area (Å²) < 4.78 is 5.58. The molecule has 0 bridgehead atoms. The van der Waals surface area contributed by atoms with Gasteiger partial charge < -0.3 is 10.1 Å². The molecule has 0 aromatic heterocycles. The van der Waals surface area contributed by atoms with Gasteiger partial charge in [-0.15, -0.1) is 0 Å². The average molecular weight is 338 g/mol. The van der Waals surface area contributed by atoms with E-state index in [1.807, 2.05) is 30.3 Å². The van der Waals surface area contributed by atoms with Gasteiger partial charge in [0.25, 0.3) is 11.8 Å². The van der Waals surface area contributed by atoms with E-state index in [0.29, 0.717) is 24.3 Å². The lowest BCUT2D eigenvalue weighted by molar-refractivity contribution is -0.114. The molecule has 3 rings (SSSR count). The molecule has 1 heterocycles. The van der Waals surface area contributed by atoms with Crippen molar-refractivity contribution in [1.29, 1.82) is 0 Å². The van der Waals surface area contributed by atoms with Crippen LogP contribution in [-0.2, 0) is 4.79 Å². The summed E-state index contributed by atoms with van der Waals surface area (Å²) in [6.45, 7) is 2.02. The molecule has 0 aliphatic carbocycles. The maximum Gasteiger partial charge on any atom is 0.263 e. The second-order valence-corrected chi connectivity index (χ2v) is 5.69. The molecule has 0 fully saturated rings. The zero-order chi connectivity index (χ0) is 17.8. The van der Waals surface area contributed by atoms with Gasteiger partial charge in [-0.25, -0.2) is 0 Å². The third kappa shape index (κ3) is 3.52. The molecule has 1 aliphatic heterocycles. The van der Waals surface area contributed by atoms with Crippen LogP contribution in [0.15, 0.2) is 48.5 Å². The first-order chi connectivity index (χ1) is 12.1. The van der Waals surface area contributed by atoms with Crippen molar-refractivity contribution in [1.82, 2.24) is 4.90 Å². The van der Waals surface area contributed by atoms with Crippen molar-refractivity contribution in [3.63, 3.8) is 0 Å². The van der Waals surface area contributed by atoms with Crippen molar-refractivity contribution in [3.05, 3.63) is 59.7 Å². The second-order valence-electron chi connectivity index (χ2n) is 5.69. The molecule has 0 atom stereocenters. The highest BCUT2D eigenvalue weighted by Crippen LogP contribution is 2.29. The standard InChI is InChI=1S/C19H18N2O4/c1-13(22)20-16-10-5-9-15-17(16)19(24)21(18(15)23)11-6-12-25-14-7-3-2-4-8-14/h2-5,7-10H,6,11-12H2,1H3,(H,20,22). The number of carbonyl (C=O) groups excluding carboxylic acids is 3. The number of amides is 3. The summed E-state index contributed by atoms with van der Waals surface area (Å²) >= 11 is 0. The topological polar surface area (TPSA) is 75.7 Å². The number of imide groups is 1. The van der Waals surface area contributed by atoms with Crippen LogP contribution < -0.4 is 10.1 Å². The Balaban J connectivity index is 1.65. The summed E-state index contributed by atoms with van der Waals surface area (Å²) in [4.78, 5) is 37.5. The van der Waals surface area contributed by atoms with Crippen LogP contribution in [0.2, 0.25) is 0 Å². The molecule has 3 amide bonds. The third-order valence-electron chi connectivity index (χ3n) is 3.85. The Morgan fingerprint density at radius 1 is 1.04 bits per heavy atom. The molecule has 1 aliphatic rings. The lowest BCUT2D eigenvalue weighted by Gasteiger charge is -2.14. The first-order valence-corrected chi connectivity index (χ1v) is 8.02. The number of nitrogens with zero attached hydrogens (tertiary/aromatic N) is 1. The molecule has 128 valence electrons. The molecular weight excluding hydrogens is 320 g/mol. The van der Waals surface area contributed by atoms with E-state index in [1.54, 1.807) is 18.2 Å². The minimum Gasteiger partial charge on any atom is -0.494 e. The highest BCUT2D eigenvalue weighted by Gasteiger charge is 2.37. The predicted molar refractivity (Wildman–Crippen MR) is 92.7 cm³/mol. The summed E-state index contributed by atoms with van der Waals surface area (Å²) in [5, 5.41) is 2.60. The maximum absolute atomic E-state index is 12.6. The predicted octanol–water partition coefficient (Wildman–Crippen LogP) is 2.71. The molecule has 0 spiro atoms. The Labute approximate surface area is 145 Å². The fourth-order valence-electron chi connectivity index (χ4n) is 2.76. The van der Waals surface area contributed by atoms with Crippen LogP contribution in [0.3, 0.4) is 0 Å². The van der Waals surface area contributed by atoms with E-state index in [9.17, 15) is 14.4 Å². The molecule has 2 aromatic carbocycles. The van der Waals surface area contributed by atoms with Crippen LogP contribution in [0.4, 0.5) is 5.69 Å². The number of rotatable bonds is 6. The number of carbonyl (C=O) groups is 3. The van der Waals surface area contributed by atoms with Crippen molar-refractivity contribution >= 4 is 23.4 Å². The molecule has 0 radical (unpaired) electrons. The minimum atomic E-state index is -0.385. The summed E-state index contributed by atoms with van der Waals surface area (Å²) in [5.74, 6) is -0.267. The number of anilines is 1. The number of nitrogens with one attached hydrogen (secondary N) is 1. The van der Waals surface area contributed by atoms with Gasteiger partial charge >= 0.3 is 0 Å². The lowest BCUT2D eigenvalue weighted by Crippen LogP contribution is -2.31. The Hall–Kier alpha value is -3.15. The first kappa shape index (κ1) is 16.7. The minimum absolute atomic E-state index is 0.256. The van der Waals surface area contributed by atoms with Gasteiger partial charge in [0, 0.05) is 13.5 Å². The molecule has 0 saturated heterocycles. The van der Waals surface area contributed by atoms with Crippen molar-refractivity contribution in [2.45, 2.75) is 13.3 Å². The van der Waals surface area contributed by atoms with E-state index in [0.717, 1.165) is 5.75 Å². The molecule has 6 nitrogen and oxygen atoms in total. The number of benzene rings is 2. The zero-order valence-electron chi connectivity index (χ0n) is 13.8. The van der Waals surface area contributed by atoms with Gasteiger partial charge in [0.05, 0.1) is 23.4 Å². The molecule has 1 N–H and O–H groups in total. The number of ether oxygens (including phenoxy) is 1. The number of hydrogen-bond donors (Lipinski definition) is 1. The van der Waals surface area contributed by atoms with Gasteiger partial charge in [-0.3, -0.25) is 19.3 Å². The van der Waals surface area contributed by atoms with E-state index in [1.165, 1.54) is 11.8 Å². The first-order valence-electron chi connectivity index (χ1n) is 8.02. The van der Waals surface area contributed by atoms with Crippen molar-refractivity contribution in [3.8, 4) is 5.75 Å². The van der Waals surface area contributed by atoms with Gasteiger partial charge in [-0.05, 0) is 30.7 Å². The molecule has 0 saturated carbocycles. The van der Waals surface area contributed by atoms with Crippen molar-refractivity contribution < 1.29 is 19.1 Å². The number of para-hydroxylation sites is 1. The fraction of sp³-hybridized carbons (Fsp3) is 0.211. The van der Waals surface area contributed by atoms with Gasteiger partial charge in [0.2, 0.25) is 5.91 Å². The van der Waals surface area contributed by atoms with E-state index in [-0.39, 0.29) is 29.8 Å². The molecule has 25 heavy (non-hydrogen) atoms. The van der Waals surface area contributed by atoms with Gasteiger partial charge in [0.15, 0.2) is 0 Å². The Kier molecular flexibility index (Phi) is 4.79. The second kappa shape index (κ2) is 7.17. The van der Waals surface area contributed by atoms with E-state index in [4.69, 9.17) is 4.74 Å². The van der Waals surface area contributed by atoms with E-state index < -0.39 is 0 Å². The van der Waals surface area contributed by atoms with E-state index >= 15 is 0 Å². The molecule has 6 heteroatoms. The van der Waals surface area contributed by atoms with E-state index in [2.05, 4.69) is 5.32 Å². The summed E-state index contributed by atoms with van der Waals surface area (Å²) in [7, 11) is 0. The Bertz CT molecular complexity index is 817. The van der Waals surface area contributed by atoms with Crippen LogP contribution in [0.1, 0.15) is 34.1 Å². The highest BCUT2D eigenvalue weighted by molar-refractivity contribution is 6.24. The highest BCUT2D eigenvalue weighted by atomic mass is 16.5. The van der Waals surface area contributed by atoms with Crippen molar-refractivity contribution in [2.24, 2.45) is 0 Å². The largest absolute Gasteiger partial charge is 0.494 e. The maximum atomic E-state index is 12.6. The Morgan fingerprint density at radius 2 is 1.80 bits per heavy atom. The van der Waals surface area contributed by atoms with Crippen LogP contribution in [0.25, 0.3) is 0 Å². The summed E-state index contributed by atoms with van der Waals surface area (Å²) in [5.41, 5.74) is 0.943. The van der Waals surface area contributed by atoms with Crippen LogP contribution in [-0.4, -0.2) is 35.8 Å². The molecule has 2 aromatic rings. The zero-order valence-corrected chi connectivity index (χ0v) is 13.8. The monoisotopic (exact) mass is 338 g/mol. The quantitative estimate of drug-likeness (QED) is 0.649. The fourth-order valence-corrected chi connectivity index (χ4v) is 2.76. The average Bonchev–Trinajstić information content (AvgIpc) is 2.84. The van der Waals surface area contributed by atoms with Gasteiger partial charge in [-0.2, -0.15) is 0 Å². The normalized spacial score (nSPS) is 12.9. The third-order valence-corrected chi connectivity index (χ3v) is 3.85. The SMILES string of the molecule is CC(=O)Nc1cccc2c1C(=O)N(CCCOc1ccccc1)C2=O. The van der Waals surface area contributed by atoms with Gasteiger partial charge in [-0.1, -0.05) is 24.3 Å². The van der Waals surface area contributed by atoms with Crippen LogP contribution in [0.5, 0.6) is 5.75 Å². The number of hydrogen-bond acceptors (Lipinski definition) is 4. The summed E-state index contributed by atoms with van der Waals surface area (Å²) in [6.07, 6.45) is 0.524. The van der Waals surface area contributed by atoms with Crippen molar-refractivity contribution in [2.75, 3.05) is 18.5 Å². The summed E-state index contributed by atoms with van der Waals surface area (Å²) in [6, 6.07) is 14.2. The number of fused-ring (bicyclic) bond motifs is 1. The Morgan fingerprint density at radius 3 is 2.52 bits per heavy atom.